The number of rotatable bonds is 34. The summed E-state index contributed by atoms with van der Waals surface area (Å²) in [6.07, 6.45) is 5.37. The molecule has 24 nitrogen and oxygen atoms in total. The van der Waals surface area contributed by atoms with Crippen LogP contribution < -0.4 is 85.8 Å². The van der Waals surface area contributed by atoms with Crippen LogP contribution in [0.15, 0.2) is 78.9 Å². The fourth-order valence-corrected chi connectivity index (χ4v) is 8.20. The number of ether oxygens (including phenoxy) is 3. The van der Waals surface area contributed by atoms with Crippen molar-refractivity contribution in [2.24, 2.45) is 34.4 Å². The van der Waals surface area contributed by atoms with Gasteiger partial charge in [-0.25, -0.2) is 0 Å². The minimum atomic E-state index is -1.16. The average Bonchev–Trinajstić information content (AvgIpc) is 3.47. The molecule has 4 rings (SSSR count). The zero-order chi connectivity index (χ0) is 57.9. The van der Waals surface area contributed by atoms with E-state index in [1.165, 1.54) is 82.0 Å². The van der Waals surface area contributed by atoms with Crippen molar-refractivity contribution in [3.8, 4) is 17.2 Å². The Morgan fingerprint density at radius 3 is 1.05 bits per heavy atom. The van der Waals surface area contributed by atoms with E-state index in [0.717, 1.165) is 0 Å². The summed E-state index contributed by atoms with van der Waals surface area (Å²) in [5.41, 5.74) is 35.4. The van der Waals surface area contributed by atoms with Gasteiger partial charge in [-0.1, -0.05) is 12.5 Å². The second-order valence-electron chi connectivity index (χ2n) is 18.5. The van der Waals surface area contributed by atoms with Crippen LogP contribution in [0.4, 0.5) is 22.7 Å². The van der Waals surface area contributed by atoms with Crippen LogP contribution in [0.25, 0.3) is 0 Å². The number of methoxy groups -OCH3 is 3. The van der Waals surface area contributed by atoms with Gasteiger partial charge in [0.25, 0.3) is 17.7 Å². The van der Waals surface area contributed by atoms with Crippen LogP contribution in [0.3, 0.4) is 0 Å². The molecular formula is C55H77N13O11. The Labute approximate surface area is 459 Å². The number of anilines is 4. The molecule has 8 amide bonds. The van der Waals surface area contributed by atoms with Crippen molar-refractivity contribution in [1.29, 1.82) is 0 Å². The van der Waals surface area contributed by atoms with Gasteiger partial charge in [0.05, 0.1) is 44.1 Å². The molecule has 0 aliphatic heterocycles. The van der Waals surface area contributed by atoms with E-state index in [0.29, 0.717) is 84.0 Å². The van der Waals surface area contributed by atoms with E-state index < -0.39 is 71.4 Å². The summed E-state index contributed by atoms with van der Waals surface area (Å²) in [6, 6.07) is 15.1. The minimum absolute atomic E-state index is 0.0217. The first-order valence-electron chi connectivity index (χ1n) is 26.2. The summed E-state index contributed by atoms with van der Waals surface area (Å²) in [4.78, 5) is 108. The topological polar surface area (TPSA) is 405 Å². The summed E-state index contributed by atoms with van der Waals surface area (Å²) >= 11 is 0. The van der Waals surface area contributed by atoms with Crippen molar-refractivity contribution in [2.75, 3.05) is 68.8 Å². The van der Waals surface area contributed by atoms with E-state index in [1.54, 1.807) is 18.2 Å². The third kappa shape index (κ3) is 20.0. The zero-order valence-electron chi connectivity index (χ0n) is 45.1. The molecule has 24 heteroatoms. The first kappa shape index (κ1) is 63.4. The molecule has 0 heterocycles. The van der Waals surface area contributed by atoms with Crippen LogP contribution in [0, 0.1) is 0 Å². The molecule has 0 radical (unpaired) electrons. The maximum absolute atomic E-state index is 14.2. The molecule has 0 spiro atoms. The first-order chi connectivity index (χ1) is 38.0. The number of carbonyl (C=O) groups is 8. The highest BCUT2D eigenvalue weighted by Gasteiger charge is 2.28. The van der Waals surface area contributed by atoms with Crippen LogP contribution in [0.1, 0.15) is 118 Å². The zero-order valence-corrected chi connectivity index (χ0v) is 45.1. The molecule has 0 saturated heterocycles. The summed E-state index contributed by atoms with van der Waals surface area (Å²) in [5.74, 6) is -4.67. The average molecular weight is 1100 g/mol. The minimum Gasteiger partial charge on any atom is -0.496 e. The van der Waals surface area contributed by atoms with Gasteiger partial charge < -0.3 is 85.8 Å². The van der Waals surface area contributed by atoms with Crippen molar-refractivity contribution >= 4 is 70.0 Å². The molecule has 19 N–H and O–H groups in total. The lowest BCUT2D eigenvalue weighted by Crippen LogP contribution is -2.44. The highest BCUT2D eigenvalue weighted by molar-refractivity contribution is 6.07. The molecule has 428 valence electrons. The SMILES string of the molecule is COc1ccc(NC(=O)[C@H](CCCCN)NC(=O)c2cc(NC(=O)[C@H](CCCCN)NC(=O)c3cc(NC(=O)[C@@H](N)CCCCN)ccc3OC)ccc2OC)cc1C(=O)N[C@@H](CCCCN)C(=O)Nc1cccc(C(N)=O)c1. The smallest absolute Gasteiger partial charge is 0.255 e. The number of nitrogens with one attached hydrogen (secondary N) is 7. The van der Waals surface area contributed by atoms with Crippen LogP contribution in [-0.2, 0) is 19.2 Å². The number of primary amides is 1. The molecular weight excluding hydrogens is 1020 g/mol. The van der Waals surface area contributed by atoms with Crippen LogP contribution in [-0.4, -0.2) is 119 Å². The monoisotopic (exact) mass is 1100 g/mol. The Bertz CT molecular complexity index is 2720. The van der Waals surface area contributed by atoms with Crippen LogP contribution in [0.2, 0.25) is 0 Å². The number of nitrogens with two attached hydrogens (primary N) is 6. The highest BCUT2D eigenvalue weighted by Crippen LogP contribution is 2.27. The molecule has 0 fully saturated rings. The van der Waals surface area contributed by atoms with E-state index in [4.69, 9.17) is 48.6 Å². The summed E-state index contributed by atoms with van der Waals surface area (Å²) in [7, 11) is 4.08. The van der Waals surface area contributed by atoms with Gasteiger partial charge in [-0.3, -0.25) is 38.4 Å². The standard InChI is InChI=1S/C55H77N13O11/c1-77-45-22-19-35(62-52(73)41(60)15-4-8-25-56)30-38(45)49(70)67-43(17-6-10-27-58)54(75)64-37-21-24-47(79-3)40(32-37)51(72)68-44(18-7-11-28-59)55(76)65-36-20-23-46(78-2)39(31-36)50(71)66-42(16-5-9-26-57)53(74)63-34-14-12-13-33(29-34)48(61)69/h12-14,19-24,29-32,41-44H,4-11,15-18,25-28,56-60H2,1-3H3,(H2,61,69)(H,62,73)(H,63,74)(H,64,75)(H,65,76)(H,66,71)(H,67,70)(H,68,72)/t41-,42-,43-,44-/m0/s1. The summed E-state index contributed by atoms with van der Waals surface area (Å²) in [5, 5.41) is 19.3. The molecule has 0 aliphatic carbocycles. The lowest BCUT2D eigenvalue weighted by Gasteiger charge is -2.22. The predicted octanol–water partition coefficient (Wildman–Crippen LogP) is 2.80. The fraction of sp³-hybridized carbons (Fsp3) is 0.418. The van der Waals surface area contributed by atoms with Gasteiger partial charge >= 0.3 is 0 Å². The van der Waals surface area contributed by atoms with Crippen molar-refractivity contribution in [1.82, 2.24) is 16.0 Å². The lowest BCUT2D eigenvalue weighted by molar-refractivity contribution is -0.118. The quantitative estimate of drug-likeness (QED) is 0.0299. The maximum Gasteiger partial charge on any atom is 0.255 e. The van der Waals surface area contributed by atoms with Gasteiger partial charge in [-0.15, -0.1) is 0 Å². The summed E-state index contributed by atoms with van der Waals surface area (Å²) in [6.45, 7) is 1.49. The van der Waals surface area contributed by atoms with E-state index in [-0.39, 0.29) is 81.5 Å². The van der Waals surface area contributed by atoms with Crippen molar-refractivity contribution < 1.29 is 52.6 Å². The molecule has 0 aromatic heterocycles. The molecule has 4 aromatic rings. The van der Waals surface area contributed by atoms with E-state index in [1.807, 2.05) is 0 Å². The predicted molar refractivity (Wildman–Crippen MR) is 302 cm³/mol. The first-order valence-corrected chi connectivity index (χ1v) is 26.2. The molecule has 0 saturated carbocycles. The fourth-order valence-electron chi connectivity index (χ4n) is 8.20. The second-order valence-corrected chi connectivity index (χ2v) is 18.5. The number of benzene rings is 4. The van der Waals surface area contributed by atoms with Gasteiger partial charge in [0, 0.05) is 28.3 Å². The van der Waals surface area contributed by atoms with E-state index in [9.17, 15) is 38.4 Å². The van der Waals surface area contributed by atoms with Crippen LogP contribution >= 0.6 is 0 Å². The van der Waals surface area contributed by atoms with Gasteiger partial charge in [0.1, 0.15) is 35.4 Å². The molecule has 79 heavy (non-hydrogen) atoms. The molecule has 4 atom stereocenters. The normalized spacial score (nSPS) is 12.4. The van der Waals surface area contributed by atoms with Gasteiger partial charge in [0.2, 0.25) is 29.5 Å². The maximum atomic E-state index is 14.2. The van der Waals surface area contributed by atoms with Crippen molar-refractivity contribution in [2.45, 2.75) is 101 Å². The Hall–Kier alpha value is -8.16. The van der Waals surface area contributed by atoms with Crippen molar-refractivity contribution in [3.63, 3.8) is 0 Å². The second kappa shape index (κ2) is 33.2. The lowest BCUT2D eigenvalue weighted by atomic mass is 10.1. The Kier molecular flexibility index (Phi) is 26.6. The molecule has 0 aliphatic rings. The molecule has 4 aromatic carbocycles. The number of amides is 8. The number of hydrogen-bond donors (Lipinski definition) is 13. The molecule has 0 bridgehead atoms. The third-order valence-corrected chi connectivity index (χ3v) is 12.6. The van der Waals surface area contributed by atoms with Gasteiger partial charge in [-0.05, 0) is 170 Å². The van der Waals surface area contributed by atoms with E-state index >= 15 is 0 Å². The number of hydrogen-bond acceptors (Lipinski definition) is 16. The van der Waals surface area contributed by atoms with Gasteiger partial charge in [0.15, 0.2) is 0 Å². The summed E-state index contributed by atoms with van der Waals surface area (Å²) < 4.78 is 16.5. The molecule has 0 unspecified atom stereocenters. The number of carbonyl (C=O) groups excluding carboxylic acids is 8. The Morgan fingerprint density at radius 1 is 0.418 bits per heavy atom. The highest BCUT2D eigenvalue weighted by atomic mass is 16.5. The van der Waals surface area contributed by atoms with Crippen LogP contribution in [0.5, 0.6) is 17.2 Å². The van der Waals surface area contributed by atoms with Gasteiger partial charge in [-0.2, -0.15) is 0 Å². The number of unbranched alkanes of at least 4 members (excludes halogenated alkanes) is 4. The third-order valence-electron chi connectivity index (χ3n) is 12.6. The van der Waals surface area contributed by atoms with Crippen molar-refractivity contribution in [3.05, 3.63) is 101 Å². The Morgan fingerprint density at radius 2 is 0.734 bits per heavy atom. The van der Waals surface area contributed by atoms with E-state index in [2.05, 4.69) is 37.2 Å². The Balaban J connectivity index is 1.54. The largest absolute Gasteiger partial charge is 0.496 e.